The minimum Gasteiger partial charge on any atom is -0.363 e. The van der Waals surface area contributed by atoms with E-state index in [1.165, 1.54) is 0 Å². The first-order valence-electron chi connectivity index (χ1n) is 6.09. The molecule has 2 N–H and O–H groups in total. The molecular formula is C12H20N4O2. The normalized spacial score (nSPS) is 17.3. The maximum atomic E-state index is 11.6. The van der Waals surface area contributed by atoms with Crippen LogP contribution in [0.15, 0.2) is 6.20 Å². The van der Waals surface area contributed by atoms with E-state index < -0.39 is 0 Å². The number of hydrogen-bond donors (Lipinski definition) is 2. The molecule has 6 nitrogen and oxygen atoms in total. The van der Waals surface area contributed by atoms with Gasteiger partial charge >= 0.3 is 0 Å². The number of carbonyl (C=O) groups excluding carboxylic acids is 1. The lowest BCUT2D eigenvalue weighted by molar-refractivity contribution is -0.136. The van der Waals surface area contributed by atoms with E-state index in [2.05, 4.69) is 15.7 Å². The summed E-state index contributed by atoms with van der Waals surface area (Å²) in [5, 5.41) is 10.1. The first-order chi connectivity index (χ1) is 8.50. The third-order valence-corrected chi connectivity index (χ3v) is 3.36. The molecule has 1 aromatic heterocycles. The lowest BCUT2D eigenvalue weighted by Gasteiger charge is -2.38. The first-order valence-corrected chi connectivity index (χ1v) is 6.09. The van der Waals surface area contributed by atoms with Crippen LogP contribution in [0.2, 0.25) is 0 Å². The van der Waals surface area contributed by atoms with Gasteiger partial charge in [0.1, 0.15) is 6.61 Å². The molecule has 2 heterocycles. The Morgan fingerprint density at radius 2 is 2.39 bits per heavy atom. The van der Waals surface area contributed by atoms with Crippen molar-refractivity contribution in [3.05, 3.63) is 17.5 Å². The van der Waals surface area contributed by atoms with Crippen LogP contribution in [0.1, 0.15) is 18.2 Å². The Morgan fingerprint density at radius 3 is 2.89 bits per heavy atom. The second-order valence-corrected chi connectivity index (χ2v) is 5.00. The molecule has 0 radical (unpaired) electrons. The van der Waals surface area contributed by atoms with Crippen molar-refractivity contribution < 1.29 is 9.53 Å². The quantitative estimate of drug-likeness (QED) is 0.756. The predicted octanol–water partition coefficient (Wildman–Crippen LogP) is -0.277. The van der Waals surface area contributed by atoms with Crippen molar-refractivity contribution in [1.29, 1.82) is 0 Å². The average molecular weight is 252 g/mol. The van der Waals surface area contributed by atoms with Crippen molar-refractivity contribution in [2.24, 2.45) is 7.05 Å². The van der Waals surface area contributed by atoms with Gasteiger partial charge in [-0.3, -0.25) is 9.48 Å². The topological polar surface area (TPSA) is 68.2 Å². The monoisotopic (exact) mass is 252 g/mol. The molecule has 0 bridgehead atoms. The molecule has 1 aliphatic rings. The van der Waals surface area contributed by atoms with Crippen molar-refractivity contribution in [2.45, 2.75) is 26.0 Å². The molecule has 18 heavy (non-hydrogen) atoms. The van der Waals surface area contributed by atoms with Gasteiger partial charge in [-0.15, -0.1) is 0 Å². The van der Waals surface area contributed by atoms with Crippen LogP contribution in [-0.2, 0) is 23.1 Å². The molecule has 0 spiro atoms. The van der Waals surface area contributed by atoms with E-state index in [1.807, 2.05) is 20.9 Å². The Bertz CT molecular complexity index is 437. The summed E-state index contributed by atoms with van der Waals surface area (Å²) in [6, 6.07) is 0. The molecule has 1 fully saturated rings. The largest absolute Gasteiger partial charge is 0.363 e. The summed E-state index contributed by atoms with van der Waals surface area (Å²) in [4.78, 5) is 11.6. The molecule has 1 aromatic rings. The van der Waals surface area contributed by atoms with Gasteiger partial charge in [0.15, 0.2) is 0 Å². The molecule has 0 unspecified atom stereocenters. The van der Waals surface area contributed by atoms with E-state index in [0.29, 0.717) is 6.54 Å². The third kappa shape index (κ3) is 2.88. The summed E-state index contributed by atoms with van der Waals surface area (Å²) in [5.41, 5.74) is 1.91. The second-order valence-electron chi connectivity index (χ2n) is 5.00. The van der Waals surface area contributed by atoms with Crippen molar-refractivity contribution in [2.75, 3.05) is 19.7 Å². The molecule has 0 atom stereocenters. The number of aromatic nitrogens is 2. The van der Waals surface area contributed by atoms with E-state index in [0.717, 1.165) is 24.3 Å². The fourth-order valence-corrected chi connectivity index (χ4v) is 1.78. The van der Waals surface area contributed by atoms with E-state index in [4.69, 9.17) is 4.74 Å². The van der Waals surface area contributed by atoms with Crippen molar-refractivity contribution >= 4 is 5.91 Å². The fraction of sp³-hybridized carbons (Fsp3) is 0.667. The molecule has 0 aromatic carbocycles. The smallest absolute Gasteiger partial charge is 0.246 e. The van der Waals surface area contributed by atoms with Gasteiger partial charge in [0.05, 0.1) is 11.8 Å². The van der Waals surface area contributed by atoms with E-state index >= 15 is 0 Å². The number of amides is 1. The lowest BCUT2D eigenvalue weighted by atomic mass is 10.0. The highest BCUT2D eigenvalue weighted by molar-refractivity contribution is 5.77. The van der Waals surface area contributed by atoms with Gasteiger partial charge in [0.25, 0.3) is 0 Å². The van der Waals surface area contributed by atoms with Gasteiger partial charge in [-0.1, -0.05) is 0 Å². The molecule has 100 valence electrons. The number of rotatable bonds is 5. The highest BCUT2D eigenvalue weighted by Crippen LogP contribution is 2.14. The number of nitrogens with one attached hydrogen (secondary N) is 2. The predicted molar refractivity (Wildman–Crippen MR) is 67.0 cm³/mol. The van der Waals surface area contributed by atoms with Crippen LogP contribution in [0.4, 0.5) is 0 Å². The average Bonchev–Trinajstić information content (AvgIpc) is 2.62. The van der Waals surface area contributed by atoms with Gasteiger partial charge in [-0.2, -0.15) is 5.10 Å². The Balaban J connectivity index is 1.73. The van der Waals surface area contributed by atoms with E-state index in [9.17, 15) is 4.79 Å². The SMILES string of the molecule is Cc1c(CNC(=O)COC2(C)CNC2)cnn1C. The highest BCUT2D eigenvalue weighted by atomic mass is 16.5. The second kappa shape index (κ2) is 5.07. The molecule has 1 aliphatic heterocycles. The fourth-order valence-electron chi connectivity index (χ4n) is 1.78. The van der Waals surface area contributed by atoms with Crippen LogP contribution in [-0.4, -0.2) is 41.0 Å². The van der Waals surface area contributed by atoms with Gasteiger partial charge in [-0.05, 0) is 13.8 Å². The Morgan fingerprint density at radius 1 is 1.67 bits per heavy atom. The zero-order valence-corrected chi connectivity index (χ0v) is 11.1. The summed E-state index contributed by atoms with van der Waals surface area (Å²) in [6.07, 6.45) is 1.77. The van der Waals surface area contributed by atoms with Gasteiger partial charge in [-0.25, -0.2) is 0 Å². The van der Waals surface area contributed by atoms with Gasteiger partial charge in [0, 0.05) is 37.9 Å². The lowest BCUT2D eigenvalue weighted by Crippen LogP contribution is -2.59. The minimum atomic E-state index is -0.179. The molecule has 1 amide bonds. The van der Waals surface area contributed by atoms with Crippen LogP contribution in [0.25, 0.3) is 0 Å². The van der Waals surface area contributed by atoms with Crippen LogP contribution in [0.5, 0.6) is 0 Å². The minimum absolute atomic E-state index is 0.0913. The highest BCUT2D eigenvalue weighted by Gasteiger charge is 2.32. The standard InChI is InChI=1S/C12H20N4O2/c1-9-10(5-15-16(9)3)4-14-11(17)6-18-12(2)7-13-8-12/h5,13H,4,6-8H2,1-3H3,(H,14,17). The number of nitrogens with zero attached hydrogens (tertiary/aromatic N) is 2. The Labute approximate surface area is 107 Å². The summed E-state index contributed by atoms with van der Waals surface area (Å²) in [6.45, 7) is 6.20. The zero-order chi connectivity index (χ0) is 13.2. The van der Waals surface area contributed by atoms with Crippen molar-refractivity contribution in [3.63, 3.8) is 0 Å². The van der Waals surface area contributed by atoms with Gasteiger partial charge < -0.3 is 15.4 Å². The van der Waals surface area contributed by atoms with Crippen molar-refractivity contribution in [1.82, 2.24) is 20.4 Å². The maximum absolute atomic E-state index is 11.6. The third-order valence-electron chi connectivity index (χ3n) is 3.36. The molecule has 1 saturated heterocycles. The van der Waals surface area contributed by atoms with Crippen molar-refractivity contribution in [3.8, 4) is 0 Å². The molecule has 6 heteroatoms. The molecule has 0 aliphatic carbocycles. The number of carbonyl (C=O) groups is 1. The van der Waals surface area contributed by atoms with Crippen LogP contribution >= 0.6 is 0 Å². The van der Waals surface area contributed by atoms with Crippen LogP contribution < -0.4 is 10.6 Å². The summed E-state index contributed by atoms with van der Waals surface area (Å²) < 4.78 is 7.35. The van der Waals surface area contributed by atoms with Gasteiger partial charge in [0.2, 0.25) is 5.91 Å². The zero-order valence-electron chi connectivity index (χ0n) is 11.1. The van der Waals surface area contributed by atoms with E-state index in [1.54, 1.807) is 10.9 Å². The summed E-state index contributed by atoms with van der Waals surface area (Å²) in [5.74, 6) is -0.0913. The summed E-state index contributed by atoms with van der Waals surface area (Å²) in [7, 11) is 1.88. The van der Waals surface area contributed by atoms with E-state index in [-0.39, 0.29) is 18.1 Å². The molecular weight excluding hydrogens is 232 g/mol. The van der Waals surface area contributed by atoms with Crippen LogP contribution in [0.3, 0.4) is 0 Å². The van der Waals surface area contributed by atoms with Crippen LogP contribution in [0, 0.1) is 6.92 Å². The Hall–Kier alpha value is -1.40. The number of aryl methyl sites for hydroxylation is 1. The summed E-state index contributed by atoms with van der Waals surface area (Å²) >= 11 is 0. The first kappa shape index (κ1) is 13.0. The maximum Gasteiger partial charge on any atom is 0.246 e. The molecule has 2 rings (SSSR count). The number of ether oxygens (including phenoxy) is 1. The molecule has 0 saturated carbocycles. The Kier molecular flexibility index (Phi) is 3.68. The number of hydrogen-bond acceptors (Lipinski definition) is 4.